The summed E-state index contributed by atoms with van der Waals surface area (Å²) in [4.78, 5) is 26.4. The number of carbonyl (C=O) groups is 2. The van der Waals surface area contributed by atoms with Crippen LogP contribution in [0, 0.1) is 29.6 Å². The molecule has 3 atom stereocenters. The van der Waals surface area contributed by atoms with Crippen molar-refractivity contribution in [2.75, 3.05) is 77.8 Å². The van der Waals surface area contributed by atoms with Crippen molar-refractivity contribution in [1.82, 2.24) is 10.6 Å². The molecule has 376 valence electrons. The Kier molecular flexibility index (Phi) is 18.5. The fourth-order valence-electron chi connectivity index (χ4n) is 9.74. The molecule has 2 amide bonds. The minimum Gasteiger partial charge on any atom is -0.449 e. The number of nitrogens with one attached hydrogen (secondary N) is 2. The molecule has 0 saturated heterocycles. The first kappa shape index (κ1) is 53.5. The molecule has 1 fully saturated rings. The highest BCUT2D eigenvalue weighted by Crippen LogP contribution is 2.52. The zero-order valence-corrected chi connectivity index (χ0v) is 42.1. The van der Waals surface area contributed by atoms with Crippen LogP contribution >= 0.6 is 0 Å². The standard InChI is InChI=1S/C51H68N4O12S2/c1-50(2)42-34-37(68(58,59)60)21-23-44(42)54(5)46(50)18-12-8-13-19-47-51(3,4)43-35-38(69(61,62)63)22-24-45(43)55(47)27-15-9-14-20-48(56)52-25-28-64-30-32-66-33-31-65-29-26-53-49(57)67-36-41-39-16-10-6-7-11-17-40(39)41/h8,12-13,18-19,21-24,34-35,39-41H,9-11,14-17,20,25-33,36H2,1-5H3,(H3-,52,53,56,57,58,59,60,61,62,63)/p+1/t39-,40+,41?. The summed E-state index contributed by atoms with van der Waals surface area (Å²) in [5.74, 6) is 8.07. The van der Waals surface area contributed by atoms with Gasteiger partial charge in [0.2, 0.25) is 11.6 Å². The van der Waals surface area contributed by atoms with E-state index in [0.29, 0.717) is 96.5 Å². The maximum Gasteiger partial charge on any atom is 0.407 e. The molecule has 1 saturated carbocycles. The Bertz CT molecular complexity index is 2570. The molecular weight excluding hydrogens is 925 g/mol. The van der Waals surface area contributed by atoms with Crippen LogP contribution in [0.1, 0.15) is 90.2 Å². The average molecular weight is 994 g/mol. The van der Waals surface area contributed by atoms with Crippen LogP contribution in [-0.2, 0) is 54.8 Å². The second kappa shape index (κ2) is 23.8. The molecule has 0 bridgehead atoms. The number of hydrogen-bond donors (Lipinski definition) is 4. The fraction of sp³-hybridized carbons (Fsp3) is 0.549. The third-order valence-electron chi connectivity index (χ3n) is 13.6. The van der Waals surface area contributed by atoms with E-state index in [1.807, 2.05) is 69.7 Å². The summed E-state index contributed by atoms with van der Waals surface area (Å²) >= 11 is 0. The van der Waals surface area contributed by atoms with Gasteiger partial charge in [0.25, 0.3) is 20.2 Å². The van der Waals surface area contributed by atoms with Gasteiger partial charge in [-0.25, -0.2) is 4.79 Å². The van der Waals surface area contributed by atoms with Crippen LogP contribution in [0.3, 0.4) is 0 Å². The summed E-state index contributed by atoms with van der Waals surface area (Å²) in [6.07, 6.45) is 15.9. The van der Waals surface area contributed by atoms with Crippen molar-refractivity contribution >= 4 is 49.3 Å². The van der Waals surface area contributed by atoms with E-state index in [2.05, 4.69) is 27.4 Å². The summed E-state index contributed by atoms with van der Waals surface area (Å²) in [5.41, 5.74) is 3.96. The van der Waals surface area contributed by atoms with Gasteiger partial charge >= 0.3 is 6.09 Å². The highest BCUT2D eigenvalue weighted by Gasteiger charge is 2.49. The van der Waals surface area contributed by atoms with Crippen LogP contribution in [0.4, 0.5) is 16.2 Å². The molecule has 16 nitrogen and oxygen atoms in total. The summed E-state index contributed by atoms with van der Waals surface area (Å²) in [7, 11) is -6.87. The van der Waals surface area contributed by atoms with Gasteiger partial charge in [-0.15, -0.1) is 11.8 Å². The van der Waals surface area contributed by atoms with Crippen LogP contribution in [0.5, 0.6) is 0 Å². The molecule has 4 aliphatic rings. The van der Waals surface area contributed by atoms with Crippen molar-refractivity contribution in [3.05, 3.63) is 83.6 Å². The van der Waals surface area contributed by atoms with Gasteiger partial charge in [-0.3, -0.25) is 13.9 Å². The van der Waals surface area contributed by atoms with Crippen molar-refractivity contribution in [1.29, 1.82) is 0 Å². The molecule has 1 unspecified atom stereocenters. The van der Waals surface area contributed by atoms with E-state index >= 15 is 0 Å². The minimum absolute atomic E-state index is 0.0575. The third-order valence-corrected chi connectivity index (χ3v) is 15.3. The second-order valence-electron chi connectivity index (χ2n) is 18.9. The van der Waals surface area contributed by atoms with Gasteiger partial charge in [-0.2, -0.15) is 21.4 Å². The largest absolute Gasteiger partial charge is 0.449 e. The quantitative estimate of drug-likeness (QED) is 0.0264. The molecule has 6 rings (SSSR count). The predicted octanol–water partition coefficient (Wildman–Crippen LogP) is 6.87. The summed E-state index contributed by atoms with van der Waals surface area (Å²) < 4.78 is 91.5. The smallest absolute Gasteiger partial charge is 0.407 e. The van der Waals surface area contributed by atoms with Crippen molar-refractivity contribution < 1.29 is 59.1 Å². The fourth-order valence-corrected chi connectivity index (χ4v) is 10.8. The van der Waals surface area contributed by atoms with E-state index in [1.54, 1.807) is 12.1 Å². The Morgan fingerprint density at radius 3 is 2.00 bits per heavy atom. The lowest BCUT2D eigenvalue weighted by Crippen LogP contribution is -2.29. The van der Waals surface area contributed by atoms with Crippen LogP contribution in [0.2, 0.25) is 0 Å². The lowest BCUT2D eigenvalue weighted by atomic mass is 9.81. The van der Waals surface area contributed by atoms with Gasteiger partial charge in [-0.05, 0) is 99.3 Å². The number of nitrogens with zero attached hydrogens (tertiary/aromatic N) is 2. The number of benzene rings is 2. The minimum atomic E-state index is -4.42. The SMILES string of the molecule is C[N+]1=C(/C=C/C=C/C=C2/N(CCCCCC(=O)NCCOCCOCCOCCNC(=O)OCC3[C@H]4CCC#CCC[C@@H]34)c3ccc(S(=O)(=O)O)cc3C2(C)C)C(C)(C)c2cc(S(=O)(=O)O)ccc21. The zero-order valence-electron chi connectivity index (χ0n) is 40.5. The monoisotopic (exact) mass is 993 g/mol. The van der Waals surface area contributed by atoms with E-state index < -0.39 is 37.2 Å². The number of allylic oxidation sites excluding steroid dienone is 6. The van der Waals surface area contributed by atoms with Crippen LogP contribution < -0.4 is 15.5 Å². The highest BCUT2D eigenvalue weighted by atomic mass is 32.2. The number of anilines is 1. The van der Waals surface area contributed by atoms with Crippen molar-refractivity contribution in [3.63, 3.8) is 0 Å². The molecule has 0 radical (unpaired) electrons. The van der Waals surface area contributed by atoms with E-state index in [4.69, 9.17) is 18.9 Å². The van der Waals surface area contributed by atoms with Gasteiger partial charge in [-0.1, -0.05) is 38.5 Å². The lowest BCUT2D eigenvalue weighted by molar-refractivity contribution is -0.401. The molecule has 18 heteroatoms. The zero-order chi connectivity index (χ0) is 49.8. The van der Waals surface area contributed by atoms with E-state index in [-0.39, 0.29) is 15.7 Å². The number of unbranched alkanes of at least 4 members (excludes halogenated alkanes) is 2. The van der Waals surface area contributed by atoms with Crippen LogP contribution in [0.25, 0.3) is 0 Å². The van der Waals surface area contributed by atoms with E-state index in [0.717, 1.165) is 72.4 Å². The molecular formula is C51H69N4O12S2+. The van der Waals surface area contributed by atoms with Crippen molar-refractivity contribution in [3.8, 4) is 11.8 Å². The van der Waals surface area contributed by atoms with Gasteiger partial charge in [0, 0.05) is 73.4 Å². The Balaban J connectivity index is 0.860. The van der Waals surface area contributed by atoms with Crippen molar-refractivity contribution in [2.24, 2.45) is 17.8 Å². The molecule has 2 heterocycles. The topological polar surface area (TPSA) is 210 Å². The molecule has 0 spiro atoms. The number of alkyl carbamates (subject to hydrolysis) is 1. The normalized spacial score (nSPS) is 20.8. The Morgan fingerprint density at radius 1 is 0.768 bits per heavy atom. The Morgan fingerprint density at radius 2 is 1.36 bits per heavy atom. The molecule has 4 N–H and O–H groups in total. The van der Waals surface area contributed by atoms with Crippen molar-refractivity contribution in [2.45, 2.75) is 99.7 Å². The predicted molar refractivity (Wildman–Crippen MR) is 263 cm³/mol. The summed E-state index contributed by atoms with van der Waals surface area (Å²) in [6, 6.07) is 9.26. The van der Waals surface area contributed by atoms with Crippen LogP contribution in [0.15, 0.2) is 82.3 Å². The molecule has 69 heavy (non-hydrogen) atoms. The van der Waals surface area contributed by atoms with E-state index in [1.165, 1.54) is 24.3 Å². The number of ether oxygens (including phenoxy) is 4. The molecule has 2 aliphatic carbocycles. The average Bonchev–Trinajstić information content (AvgIpc) is 3.82. The third kappa shape index (κ3) is 14.1. The number of carbonyl (C=O) groups excluding carboxylic acids is 2. The number of fused-ring (bicyclic) bond motifs is 3. The maximum absolute atomic E-state index is 12.6. The molecule has 2 aliphatic heterocycles. The van der Waals surface area contributed by atoms with E-state index in [9.17, 15) is 35.5 Å². The van der Waals surface area contributed by atoms with Gasteiger partial charge in [0.15, 0.2) is 5.71 Å². The first-order chi connectivity index (χ1) is 32.8. The molecule has 2 aromatic carbocycles. The summed E-state index contributed by atoms with van der Waals surface area (Å²) in [5, 5.41) is 5.63. The molecule has 2 aromatic rings. The summed E-state index contributed by atoms with van der Waals surface area (Å²) in [6.45, 7) is 12.1. The van der Waals surface area contributed by atoms with Gasteiger partial charge in [0.1, 0.15) is 7.05 Å². The highest BCUT2D eigenvalue weighted by molar-refractivity contribution is 7.86. The van der Waals surface area contributed by atoms with Crippen LogP contribution in [-0.4, -0.2) is 121 Å². The first-order valence-electron chi connectivity index (χ1n) is 23.9. The number of hydrogen-bond acceptors (Lipinski definition) is 11. The van der Waals surface area contributed by atoms with Gasteiger partial charge < -0.3 is 34.5 Å². The maximum atomic E-state index is 12.6. The lowest BCUT2D eigenvalue weighted by Gasteiger charge is -2.27. The Labute approximate surface area is 408 Å². The Hall–Kier alpha value is -4.87. The number of rotatable bonds is 25. The molecule has 0 aromatic heterocycles. The second-order valence-corrected chi connectivity index (χ2v) is 21.7. The van der Waals surface area contributed by atoms with Gasteiger partial charge in [0.05, 0.1) is 61.5 Å². The first-order valence-corrected chi connectivity index (χ1v) is 26.7. The number of amides is 2.